The first-order valence-electron chi connectivity index (χ1n) is 6.69. The molecule has 2 heterocycles. The molecule has 1 aromatic heterocycles. The Bertz CT molecular complexity index is 557. The second-order valence-corrected chi connectivity index (χ2v) is 5.45. The van der Waals surface area contributed by atoms with Crippen LogP contribution in [0, 0.1) is 12.8 Å². The van der Waals surface area contributed by atoms with Crippen LogP contribution in [0.2, 0.25) is 0 Å². The van der Waals surface area contributed by atoms with Gasteiger partial charge in [0, 0.05) is 19.4 Å². The van der Waals surface area contributed by atoms with E-state index in [1.807, 2.05) is 0 Å². The Balaban J connectivity index is 1.87. The fraction of sp³-hybridized carbons (Fsp3) is 0.467. The summed E-state index contributed by atoms with van der Waals surface area (Å²) in [7, 11) is 0. The van der Waals surface area contributed by atoms with Crippen molar-refractivity contribution in [2.45, 2.75) is 39.7 Å². The van der Waals surface area contributed by atoms with Crippen LogP contribution in [0.25, 0.3) is 0 Å². The molecule has 2 aromatic rings. The molecule has 1 aromatic carbocycles. The summed E-state index contributed by atoms with van der Waals surface area (Å²) in [6, 6.07) is 8.64. The van der Waals surface area contributed by atoms with Crippen LogP contribution in [0.1, 0.15) is 36.1 Å². The van der Waals surface area contributed by atoms with Crippen molar-refractivity contribution in [1.29, 1.82) is 0 Å². The van der Waals surface area contributed by atoms with Gasteiger partial charge in [-0.05, 0) is 24.8 Å². The molecule has 0 saturated carbocycles. The first-order valence-corrected chi connectivity index (χ1v) is 6.69. The van der Waals surface area contributed by atoms with Gasteiger partial charge in [0.1, 0.15) is 11.6 Å². The predicted octanol–water partition coefficient (Wildman–Crippen LogP) is 2.76. The lowest BCUT2D eigenvalue weighted by atomic mass is 10.0. The first-order chi connectivity index (χ1) is 8.72. The van der Waals surface area contributed by atoms with Gasteiger partial charge in [0.25, 0.3) is 0 Å². The monoisotopic (exact) mass is 241 g/mol. The van der Waals surface area contributed by atoms with E-state index in [0.717, 1.165) is 37.0 Å². The molecule has 3 heteroatoms. The highest BCUT2D eigenvalue weighted by atomic mass is 15.3. The minimum absolute atomic E-state index is 0.741. The van der Waals surface area contributed by atoms with E-state index in [1.165, 1.54) is 17.5 Å². The first kappa shape index (κ1) is 11.5. The zero-order valence-electron chi connectivity index (χ0n) is 11.1. The highest BCUT2D eigenvalue weighted by Gasteiger charge is 2.19. The molecule has 1 atom stereocenters. The van der Waals surface area contributed by atoms with Gasteiger partial charge in [-0.15, -0.1) is 10.2 Å². The molecule has 0 amide bonds. The average Bonchev–Trinajstić information content (AvgIpc) is 2.72. The third kappa shape index (κ3) is 2.17. The summed E-state index contributed by atoms with van der Waals surface area (Å²) in [4.78, 5) is 0. The van der Waals surface area contributed by atoms with Gasteiger partial charge < -0.3 is 4.57 Å². The third-order valence-electron chi connectivity index (χ3n) is 3.70. The van der Waals surface area contributed by atoms with Crippen molar-refractivity contribution >= 4 is 0 Å². The van der Waals surface area contributed by atoms with Crippen molar-refractivity contribution in [3.63, 3.8) is 0 Å². The van der Waals surface area contributed by atoms with Crippen molar-refractivity contribution in [3.8, 4) is 0 Å². The van der Waals surface area contributed by atoms with Crippen molar-refractivity contribution in [3.05, 3.63) is 47.0 Å². The van der Waals surface area contributed by atoms with E-state index in [4.69, 9.17) is 0 Å². The number of fused-ring (bicyclic) bond motifs is 1. The second-order valence-electron chi connectivity index (χ2n) is 5.45. The number of aromatic nitrogens is 3. The molecule has 1 aliphatic rings. The van der Waals surface area contributed by atoms with E-state index >= 15 is 0 Å². The highest BCUT2D eigenvalue weighted by molar-refractivity contribution is 5.25. The molecule has 3 rings (SSSR count). The molecule has 0 radical (unpaired) electrons. The molecule has 0 spiro atoms. The molecule has 1 aliphatic heterocycles. The minimum Gasteiger partial charge on any atom is -0.314 e. The maximum absolute atomic E-state index is 4.37. The van der Waals surface area contributed by atoms with E-state index in [-0.39, 0.29) is 0 Å². The van der Waals surface area contributed by atoms with Gasteiger partial charge in [-0.25, -0.2) is 0 Å². The number of hydrogen-bond acceptors (Lipinski definition) is 2. The fourth-order valence-corrected chi connectivity index (χ4v) is 2.68. The fourth-order valence-electron chi connectivity index (χ4n) is 2.68. The normalized spacial score (nSPS) is 18.7. The largest absolute Gasteiger partial charge is 0.314 e. The van der Waals surface area contributed by atoms with E-state index < -0.39 is 0 Å². The molecule has 0 bridgehead atoms. The maximum Gasteiger partial charge on any atom is 0.137 e. The third-order valence-corrected chi connectivity index (χ3v) is 3.70. The maximum atomic E-state index is 4.37. The lowest BCUT2D eigenvalue weighted by Gasteiger charge is -2.20. The lowest BCUT2D eigenvalue weighted by Crippen LogP contribution is -2.20. The number of rotatable bonds is 2. The van der Waals surface area contributed by atoms with Crippen LogP contribution in [-0.4, -0.2) is 14.8 Å². The van der Waals surface area contributed by atoms with Crippen LogP contribution >= 0.6 is 0 Å². The molecule has 0 aliphatic carbocycles. The van der Waals surface area contributed by atoms with Crippen LogP contribution in [0.15, 0.2) is 24.3 Å². The van der Waals surface area contributed by atoms with Crippen LogP contribution in [0.3, 0.4) is 0 Å². The SMILES string of the molecule is Cc1cccc(Cc2nnc3n2CC(C)CC3)c1. The van der Waals surface area contributed by atoms with E-state index in [0.29, 0.717) is 0 Å². The molecule has 18 heavy (non-hydrogen) atoms. The summed E-state index contributed by atoms with van der Waals surface area (Å²) in [5.74, 6) is 3.02. The van der Waals surface area contributed by atoms with Crippen LogP contribution in [-0.2, 0) is 19.4 Å². The predicted molar refractivity (Wildman–Crippen MR) is 71.5 cm³/mol. The standard InChI is InChI=1S/C15H19N3/c1-11-4-3-5-13(8-11)9-15-17-16-14-7-6-12(2)10-18(14)15/h3-5,8,12H,6-7,9-10H2,1-2H3. The molecule has 0 N–H and O–H groups in total. The summed E-state index contributed by atoms with van der Waals surface area (Å²) in [6.07, 6.45) is 3.20. The number of benzene rings is 1. The molecule has 1 unspecified atom stereocenters. The van der Waals surface area contributed by atoms with E-state index in [1.54, 1.807) is 0 Å². The van der Waals surface area contributed by atoms with Crippen molar-refractivity contribution in [1.82, 2.24) is 14.8 Å². The molecular formula is C15H19N3. The Hall–Kier alpha value is -1.64. The molecule has 0 saturated heterocycles. The summed E-state index contributed by atoms with van der Waals surface area (Å²) < 4.78 is 2.32. The van der Waals surface area contributed by atoms with Crippen LogP contribution < -0.4 is 0 Å². The summed E-state index contributed by atoms with van der Waals surface area (Å²) in [5.41, 5.74) is 2.63. The smallest absolute Gasteiger partial charge is 0.137 e. The lowest BCUT2D eigenvalue weighted by molar-refractivity contribution is 0.387. The van der Waals surface area contributed by atoms with Gasteiger partial charge in [0.15, 0.2) is 0 Å². The highest BCUT2D eigenvalue weighted by Crippen LogP contribution is 2.20. The van der Waals surface area contributed by atoms with E-state index in [2.05, 4.69) is 52.9 Å². The van der Waals surface area contributed by atoms with Gasteiger partial charge >= 0.3 is 0 Å². The van der Waals surface area contributed by atoms with Crippen molar-refractivity contribution < 1.29 is 0 Å². The minimum atomic E-state index is 0.741. The zero-order valence-corrected chi connectivity index (χ0v) is 11.1. The second kappa shape index (κ2) is 4.56. The summed E-state index contributed by atoms with van der Waals surface area (Å²) in [5, 5.41) is 8.69. The number of nitrogens with zero attached hydrogens (tertiary/aromatic N) is 3. The average molecular weight is 241 g/mol. The molecule has 94 valence electrons. The Morgan fingerprint density at radius 1 is 1.33 bits per heavy atom. The number of hydrogen-bond donors (Lipinski definition) is 0. The van der Waals surface area contributed by atoms with E-state index in [9.17, 15) is 0 Å². The molecule has 0 fully saturated rings. The van der Waals surface area contributed by atoms with Crippen molar-refractivity contribution in [2.24, 2.45) is 5.92 Å². The summed E-state index contributed by atoms with van der Waals surface area (Å²) >= 11 is 0. The molecular weight excluding hydrogens is 222 g/mol. The van der Waals surface area contributed by atoms with Gasteiger partial charge in [-0.3, -0.25) is 0 Å². The number of aryl methyl sites for hydroxylation is 2. The van der Waals surface area contributed by atoms with Crippen molar-refractivity contribution in [2.75, 3.05) is 0 Å². The van der Waals surface area contributed by atoms with Gasteiger partial charge in [0.05, 0.1) is 0 Å². The van der Waals surface area contributed by atoms with Crippen LogP contribution in [0.4, 0.5) is 0 Å². The van der Waals surface area contributed by atoms with Gasteiger partial charge in [-0.2, -0.15) is 0 Å². The Kier molecular flexibility index (Phi) is 2.90. The Morgan fingerprint density at radius 2 is 2.22 bits per heavy atom. The summed E-state index contributed by atoms with van der Waals surface area (Å²) in [6.45, 7) is 5.51. The quantitative estimate of drug-likeness (QED) is 0.809. The van der Waals surface area contributed by atoms with Gasteiger partial charge in [0.2, 0.25) is 0 Å². The van der Waals surface area contributed by atoms with Gasteiger partial charge in [-0.1, -0.05) is 36.8 Å². The Morgan fingerprint density at radius 3 is 3.06 bits per heavy atom. The van der Waals surface area contributed by atoms with Crippen LogP contribution in [0.5, 0.6) is 0 Å². The topological polar surface area (TPSA) is 30.7 Å². The Labute approximate surface area is 108 Å². The zero-order chi connectivity index (χ0) is 12.5. The molecule has 3 nitrogen and oxygen atoms in total.